The van der Waals surface area contributed by atoms with Gasteiger partial charge in [-0.3, -0.25) is 4.79 Å². The average Bonchev–Trinajstić information content (AvgIpc) is 3.35. The van der Waals surface area contributed by atoms with Crippen molar-refractivity contribution in [2.45, 2.75) is 18.9 Å². The number of amides is 1. The molecule has 4 rings (SSSR count). The maximum Gasteiger partial charge on any atom is 0.256 e. The Morgan fingerprint density at radius 3 is 2.58 bits per heavy atom. The van der Waals surface area contributed by atoms with Crippen molar-refractivity contribution < 1.29 is 4.79 Å². The molecule has 0 bridgehead atoms. The Kier molecular flexibility index (Phi) is 4.53. The van der Waals surface area contributed by atoms with Gasteiger partial charge in [0.15, 0.2) is 0 Å². The van der Waals surface area contributed by atoms with Crippen LogP contribution in [0.1, 0.15) is 29.2 Å². The molecule has 1 fully saturated rings. The molecule has 1 N–H and O–H groups in total. The normalized spacial score (nSPS) is 15.9. The second-order valence-electron chi connectivity index (χ2n) is 6.67. The highest BCUT2D eigenvalue weighted by atomic mass is 16.1. The third-order valence-corrected chi connectivity index (χ3v) is 4.88. The standard InChI is InChI=1S/C19H22N6O/c1-23-11-7-17(8-12-23)25-18(6-9-21-25)22-19(26)15-2-4-16(5-3-15)24-13-10-20-14-24/h2-6,9-10,13-14,17H,7-8,11-12H2,1H3,(H,22,26). The molecule has 3 heterocycles. The summed E-state index contributed by atoms with van der Waals surface area (Å²) in [6, 6.07) is 9.65. The molecule has 1 amide bonds. The summed E-state index contributed by atoms with van der Waals surface area (Å²) in [5.41, 5.74) is 1.58. The molecule has 1 aromatic carbocycles. The van der Waals surface area contributed by atoms with Crippen LogP contribution in [-0.2, 0) is 0 Å². The second-order valence-corrected chi connectivity index (χ2v) is 6.67. The molecule has 0 spiro atoms. The van der Waals surface area contributed by atoms with Crippen LogP contribution in [0.25, 0.3) is 5.69 Å². The molecule has 0 aliphatic carbocycles. The summed E-state index contributed by atoms with van der Waals surface area (Å²) in [6.07, 6.45) is 9.16. The lowest BCUT2D eigenvalue weighted by molar-refractivity contribution is 0.102. The van der Waals surface area contributed by atoms with Gasteiger partial charge in [0, 0.05) is 29.7 Å². The molecule has 7 heteroatoms. The van der Waals surface area contributed by atoms with Gasteiger partial charge in [-0.2, -0.15) is 5.10 Å². The van der Waals surface area contributed by atoms with Crippen molar-refractivity contribution in [3.63, 3.8) is 0 Å². The van der Waals surface area contributed by atoms with Crippen molar-refractivity contribution in [1.82, 2.24) is 24.2 Å². The van der Waals surface area contributed by atoms with Crippen LogP contribution in [0.5, 0.6) is 0 Å². The number of likely N-dealkylation sites (tertiary alicyclic amines) is 1. The number of piperidine rings is 1. The number of benzene rings is 1. The molecule has 0 saturated carbocycles. The van der Waals surface area contributed by atoms with Gasteiger partial charge in [-0.1, -0.05) is 0 Å². The lowest BCUT2D eigenvalue weighted by Gasteiger charge is -2.30. The highest BCUT2D eigenvalue weighted by Crippen LogP contribution is 2.25. The van der Waals surface area contributed by atoms with E-state index < -0.39 is 0 Å². The number of hydrogen-bond acceptors (Lipinski definition) is 4. The number of hydrogen-bond donors (Lipinski definition) is 1. The molecule has 134 valence electrons. The first-order valence-corrected chi connectivity index (χ1v) is 8.82. The summed E-state index contributed by atoms with van der Waals surface area (Å²) < 4.78 is 3.85. The van der Waals surface area contributed by atoms with E-state index in [1.54, 1.807) is 18.7 Å². The van der Waals surface area contributed by atoms with Crippen LogP contribution in [0.2, 0.25) is 0 Å². The predicted octanol–water partition coefficient (Wildman–Crippen LogP) is 2.59. The summed E-state index contributed by atoms with van der Waals surface area (Å²) in [4.78, 5) is 19.0. The SMILES string of the molecule is CN1CCC(n2nccc2NC(=O)c2ccc(-n3ccnc3)cc2)CC1. The fourth-order valence-electron chi connectivity index (χ4n) is 3.33. The number of aromatic nitrogens is 4. The van der Waals surface area contributed by atoms with E-state index in [-0.39, 0.29) is 5.91 Å². The number of anilines is 1. The van der Waals surface area contributed by atoms with Crippen molar-refractivity contribution in [2.75, 3.05) is 25.5 Å². The van der Waals surface area contributed by atoms with E-state index >= 15 is 0 Å². The zero-order valence-corrected chi connectivity index (χ0v) is 14.7. The highest BCUT2D eigenvalue weighted by Gasteiger charge is 2.21. The van der Waals surface area contributed by atoms with Crippen molar-refractivity contribution in [3.8, 4) is 5.69 Å². The summed E-state index contributed by atoms with van der Waals surface area (Å²) in [6.45, 7) is 2.10. The second kappa shape index (κ2) is 7.13. The molecule has 0 radical (unpaired) electrons. The predicted molar refractivity (Wildman–Crippen MR) is 99.5 cm³/mol. The van der Waals surface area contributed by atoms with E-state index in [0.717, 1.165) is 37.4 Å². The first-order chi connectivity index (χ1) is 12.7. The molecule has 0 atom stereocenters. The van der Waals surface area contributed by atoms with Gasteiger partial charge in [-0.15, -0.1) is 0 Å². The lowest BCUT2D eigenvalue weighted by atomic mass is 10.1. The molecular formula is C19H22N6O. The van der Waals surface area contributed by atoms with Crippen molar-refractivity contribution in [1.29, 1.82) is 0 Å². The molecule has 26 heavy (non-hydrogen) atoms. The molecular weight excluding hydrogens is 328 g/mol. The number of rotatable bonds is 4. The monoisotopic (exact) mass is 350 g/mol. The molecule has 7 nitrogen and oxygen atoms in total. The minimum Gasteiger partial charge on any atom is -0.307 e. The van der Waals surface area contributed by atoms with Gasteiger partial charge >= 0.3 is 0 Å². The van der Waals surface area contributed by atoms with Crippen LogP contribution in [0.4, 0.5) is 5.82 Å². The average molecular weight is 350 g/mol. The molecule has 2 aromatic heterocycles. The van der Waals surface area contributed by atoms with E-state index in [0.29, 0.717) is 11.6 Å². The van der Waals surface area contributed by atoms with Gasteiger partial charge in [0.25, 0.3) is 5.91 Å². The van der Waals surface area contributed by atoms with Gasteiger partial charge in [-0.05, 0) is 57.2 Å². The zero-order valence-electron chi connectivity index (χ0n) is 14.7. The van der Waals surface area contributed by atoms with Crippen LogP contribution < -0.4 is 5.32 Å². The van der Waals surface area contributed by atoms with E-state index in [1.165, 1.54) is 0 Å². The maximum absolute atomic E-state index is 12.6. The summed E-state index contributed by atoms with van der Waals surface area (Å²) in [5, 5.41) is 7.43. The van der Waals surface area contributed by atoms with Crippen molar-refractivity contribution >= 4 is 11.7 Å². The largest absolute Gasteiger partial charge is 0.307 e. The molecule has 1 aliphatic rings. The van der Waals surface area contributed by atoms with Gasteiger partial charge < -0.3 is 14.8 Å². The van der Waals surface area contributed by atoms with E-state index in [1.807, 2.05) is 45.8 Å². The van der Waals surface area contributed by atoms with E-state index in [9.17, 15) is 4.79 Å². The number of carbonyl (C=O) groups excluding carboxylic acids is 1. The topological polar surface area (TPSA) is 68.0 Å². The first-order valence-electron chi connectivity index (χ1n) is 8.82. The van der Waals surface area contributed by atoms with Crippen LogP contribution >= 0.6 is 0 Å². The maximum atomic E-state index is 12.6. The summed E-state index contributed by atoms with van der Waals surface area (Å²) in [5.74, 6) is 0.625. The number of nitrogens with zero attached hydrogens (tertiary/aromatic N) is 5. The van der Waals surface area contributed by atoms with Crippen LogP contribution in [0, 0.1) is 0 Å². The zero-order chi connectivity index (χ0) is 17.9. The van der Waals surface area contributed by atoms with Crippen LogP contribution in [-0.4, -0.2) is 50.3 Å². The van der Waals surface area contributed by atoms with Crippen LogP contribution in [0.3, 0.4) is 0 Å². The Morgan fingerprint density at radius 2 is 1.88 bits per heavy atom. The minimum absolute atomic E-state index is 0.128. The quantitative estimate of drug-likeness (QED) is 0.785. The Balaban J connectivity index is 1.46. The van der Waals surface area contributed by atoms with E-state index in [4.69, 9.17) is 0 Å². The Morgan fingerprint density at radius 1 is 1.12 bits per heavy atom. The molecule has 0 unspecified atom stereocenters. The smallest absolute Gasteiger partial charge is 0.256 e. The van der Waals surface area contributed by atoms with E-state index in [2.05, 4.69) is 27.3 Å². The van der Waals surface area contributed by atoms with Gasteiger partial charge in [0.1, 0.15) is 5.82 Å². The fourth-order valence-corrected chi connectivity index (χ4v) is 3.33. The number of carbonyl (C=O) groups is 1. The summed E-state index contributed by atoms with van der Waals surface area (Å²) >= 11 is 0. The Bertz CT molecular complexity index is 860. The molecule has 1 aliphatic heterocycles. The van der Waals surface area contributed by atoms with Crippen molar-refractivity contribution in [2.24, 2.45) is 0 Å². The van der Waals surface area contributed by atoms with Gasteiger partial charge in [-0.25, -0.2) is 9.67 Å². The third kappa shape index (κ3) is 3.39. The van der Waals surface area contributed by atoms with Gasteiger partial charge in [0.05, 0.1) is 18.6 Å². The first kappa shape index (κ1) is 16.5. The third-order valence-electron chi connectivity index (χ3n) is 4.88. The van der Waals surface area contributed by atoms with Crippen molar-refractivity contribution in [3.05, 3.63) is 60.8 Å². The Hall–Kier alpha value is -2.93. The fraction of sp³-hybridized carbons (Fsp3) is 0.316. The molecule has 3 aromatic rings. The van der Waals surface area contributed by atoms with Gasteiger partial charge in [0.2, 0.25) is 0 Å². The Labute approximate surface area is 152 Å². The number of nitrogens with one attached hydrogen (secondary N) is 1. The minimum atomic E-state index is -0.128. The van der Waals surface area contributed by atoms with Crippen LogP contribution in [0.15, 0.2) is 55.2 Å². The molecule has 1 saturated heterocycles. The summed E-state index contributed by atoms with van der Waals surface area (Å²) in [7, 11) is 2.13. The number of imidazole rings is 1. The highest BCUT2D eigenvalue weighted by molar-refractivity contribution is 6.03. The lowest BCUT2D eigenvalue weighted by Crippen LogP contribution is -2.32.